The molecule has 0 heterocycles. The Hall–Kier alpha value is -5.67. The molecule has 3 nitrogen and oxygen atoms in total. The van der Waals surface area contributed by atoms with E-state index >= 15 is 0 Å². The number of ether oxygens (including phenoxy) is 1. The van der Waals surface area contributed by atoms with Crippen molar-refractivity contribution in [1.82, 2.24) is 4.90 Å². The Labute approximate surface area is 257 Å². The van der Waals surface area contributed by atoms with Crippen LogP contribution < -0.4 is 4.74 Å². The summed E-state index contributed by atoms with van der Waals surface area (Å²) in [7, 11) is 3.43. The Balaban J connectivity index is 1.82. The first-order chi connectivity index (χ1) is 21.6. The van der Waals surface area contributed by atoms with Crippen LogP contribution in [0.1, 0.15) is 0 Å². The topological polar surface area (TPSA) is 29.5 Å². The van der Waals surface area contributed by atoms with Gasteiger partial charge in [0.15, 0.2) is 0 Å². The second-order valence-corrected chi connectivity index (χ2v) is 11.1. The smallest absolute Gasteiger partial charge is 0.409 e. The second-order valence-electron chi connectivity index (χ2n) is 11.1. The Morgan fingerprint density at radius 2 is 0.886 bits per heavy atom. The average molecular weight is 570 g/mol. The fourth-order valence-corrected chi connectivity index (χ4v) is 6.14. The van der Waals surface area contributed by atoms with Crippen LogP contribution in [0.2, 0.25) is 0 Å². The number of carbonyl (C=O) groups excluding carboxylic acids is 1. The van der Waals surface area contributed by atoms with Crippen molar-refractivity contribution < 1.29 is 9.53 Å². The van der Waals surface area contributed by atoms with Crippen LogP contribution in [-0.2, 0) is 0 Å². The molecule has 0 N–H and O–H groups in total. The van der Waals surface area contributed by atoms with Crippen molar-refractivity contribution in [2.24, 2.45) is 0 Å². The van der Waals surface area contributed by atoms with E-state index in [1.165, 1.54) is 4.90 Å². The van der Waals surface area contributed by atoms with Crippen LogP contribution in [-0.4, -0.2) is 25.1 Å². The molecule has 7 aromatic carbocycles. The minimum absolute atomic E-state index is 0.420. The van der Waals surface area contributed by atoms with E-state index in [-0.39, 0.29) is 0 Å². The van der Waals surface area contributed by atoms with Crippen molar-refractivity contribution >= 4 is 27.6 Å². The standard InChI is InChI=1S/C41H31NO2/c1-42(2)41(43)44-40-33-26-16-15-25-32(33)27-34-35(28-17-7-3-8-18-28)36(29-19-9-4-10-20-29)37(30-21-11-5-12-22-30)38(39(34)40)31-23-13-6-14-24-31/h3-27H,1-2H3. The van der Waals surface area contributed by atoms with Crippen molar-refractivity contribution in [1.29, 1.82) is 0 Å². The maximum Gasteiger partial charge on any atom is 0.414 e. The Bertz CT molecular complexity index is 2100. The lowest BCUT2D eigenvalue weighted by molar-refractivity contribution is 0.173. The molecule has 0 saturated heterocycles. The van der Waals surface area contributed by atoms with Gasteiger partial charge in [0.2, 0.25) is 0 Å². The zero-order valence-corrected chi connectivity index (χ0v) is 24.7. The van der Waals surface area contributed by atoms with Crippen molar-refractivity contribution in [2.45, 2.75) is 0 Å². The maximum atomic E-state index is 13.3. The fraction of sp³-hybridized carbons (Fsp3) is 0.0488. The first-order valence-corrected chi connectivity index (χ1v) is 14.8. The molecule has 7 aromatic rings. The highest BCUT2D eigenvalue weighted by Crippen LogP contribution is 2.54. The quantitative estimate of drug-likeness (QED) is 0.193. The Morgan fingerprint density at radius 3 is 1.39 bits per heavy atom. The van der Waals surface area contributed by atoms with Gasteiger partial charge in [0.1, 0.15) is 5.75 Å². The zero-order chi connectivity index (χ0) is 30.0. The summed E-state index contributed by atoms with van der Waals surface area (Å²) in [6.45, 7) is 0. The van der Waals surface area contributed by atoms with E-state index in [0.717, 1.165) is 66.1 Å². The summed E-state index contributed by atoms with van der Waals surface area (Å²) in [6.07, 6.45) is -0.420. The molecule has 7 rings (SSSR count). The third-order valence-electron chi connectivity index (χ3n) is 8.08. The molecule has 0 aliphatic carbocycles. The highest BCUT2D eigenvalue weighted by molar-refractivity contribution is 6.24. The normalized spacial score (nSPS) is 11.0. The first kappa shape index (κ1) is 27.2. The number of fused-ring (bicyclic) bond motifs is 2. The summed E-state index contributed by atoms with van der Waals surface area (Å²) >= 11 is 0. The molecule has 0 atom stereocenters. The van der Waals surface area contributed by atoms with Gasteiger partial charge in [0, 0.05) is 30.4 Å². The summed E-state index contributed by atoms with van der Waals surface area (Å²) < 4.78 is 6.38. The van der Waals surface area contributed by atoms with E-state index in [0.29, 0.717) is 5.75 Å². The highest BCUT2D eigenvalue weighted by Gasteiger charge is 2.28. The molecule has 0 fully saturated rings. The lowest BCUT2D eigenvalue weighted by atomic mass is 9.78. The lowest BCUT2D eigenvalue weighted by Crippen LogP contribution is -2.25. The number of amides is 1. The summed E-state index contributed by atoms with van der Waals surface area (Å²) in [5.74, 6) is 0.560. The molecule has 0 radical (unpaired) electrons. The van der Waals surface area contributed by atoms with E-state index in [2.05, 4.69) is 115 Å². The molecule has 0 aliphatic rings. The van der Waals surface area contributed by atoms with Crippen LogP contribution in [0, 0.1) is 0 Å². The van der Waals surface area contributed by atoms with Gasteiger partial charge in [-0.25, -0.2) is 4.79 Å². The summed E-state index contributed by atoms with van der Waals surface area (Å²) in [5, 5.41) is 3.82. The molecule has 1 amide bonds. The van der Waals surface area contributed by atoms with Crippen LogP contribution in [0.4, 0.5) is 4.79 Å². The SMILES string of the molecule is CN(C)C(=O)Oc1c2ccccc2cc2c(-c3ccccc3)c(-c3ccccc3)c(-c3ccccc3)c(-c3ccccc3)c12. The van der Waals surface area contributed by atoms with Gasteiger partial charge in [-0.15, -0.1) is 0 Å². The van der Waals surface area contributed by atoms with Crippen LogP contribution >= 0.6 is 0 Å². The van der Waals surface area contributed by atoms with Gasteiger partial charge in [0.25, 0.3) is 0 Å². The minimum atomic E-state index is -0.420. The second kappa shape index (κ2) is 11.5. The summed E-state index contributed by atoms with van der Waals surface area (Å²) in [5.41, 5.74) is 8.68. The lowest BCUT2D eigenvalue weighted by Gasteiger charge is -2.26. The molecule has 3 heteroatoms. The van der Waals surface area contributed by atoms with Crippen LogP contribution in [0.15, 0.2) is 152 Å². The van der Waals surface area contributed by atoms with Gasteiger partial charge in [-0.2, -0.15) is 0 Å². The molecule has 0 aromatic heterocycles. The number of nitrogens with zero attached hydrogens (tertiary/aromatic N) is 1. The molecule has 0 spiro atoms. The average Bonchev–Trinajstić information content (AvgIpc) is 3.08. The van der Waals surface area contributed by atoms with Gasteiger partial charge in [0.05, 0.1) is 0 Å². The van der Waals surface area contributed by atoms with E-state index in [1.807, 2.05) is 36.4 Å². The third kappa shape index (κ3) is 4.79. The van der Waals surface area contributed by atoms with Gasteiger partial charge in [-0.1, -0.05) is 146 Å². The third-order valence-corrected chi connectivity index (χ3v) is 8.08. The molecule has 0 saturated carbocycles. The van der Waals surface area contributed by atoms with E-state index in [9.17, 15) is 4.79 Å². The van der Waals surface area contributed by atoms with Gasteiger partial charge in [-0.3, -0.25) is 0 Å². The number of hydrogen-bond donors (Lipinski definition) is 0. The Morgan fingerprint density at radius 1 is 0.477 bits per heavy atom. The van der Waals surface area contributed by atoms with E-state index < -0.39 is 6.09 Å². The van der Waals surface area contributed by atoms with Gasteiger partial charge < -0.3 is 9.64 Å². The fourth-order valence-electron chi connectivity index (χ4n) is 6.14. The molecule has 0 unspecified atom stereocenters. The van der Waals surface area contributed by atoms with Crippen molar-refractivity contribution in [3.63, 3.8) is 0 Å². The molecular weight excluding hydrogens is 538 g/mol. The van der Waals surface area contributed by atoms with Crippen molar-refractivity contribution in [2.75, 3.05) is 14.1 Å². The van der Waals surface area contributed by atoms with Crippen molar-refractivity contribution in [3.8, 4) is 50.3 Å². The number of carbonyl (C=O) groups is 1. The minimum Gasteiger partial charge on any atom is -0.409 e. The number of benzene rings is 7. The zero-order valence-electron chi connectivity index (χ0n) is 24.7. The maximum absolute atomic E-state index is 13.3. The number of hydrogen-bond acceptors (Lipinski definition) is 2. The highest BCUT2D eigenvalue weighted by atomic mass is 16.6. The van der Waals surface area contributed by atoms with E-state index in [4.69, 9.17) is 4.74 Å². The largest absolute Gasteiger partial charge is 0.414 e. The predicted molar refractivity (Wildman–Crippen MR) is 183 cm³/mol. The van der Waals surface area contributed by atoms with Crippen LogP contribution in [0.25, 0.3) is 66.1 Å². The summed E-state index contributed by atoms with van der Waals surface area (Å²) in [6, 6.07) is 52.6. The Kier molecular flexibility index (Phi) is 7.13. The molecular formula is C41H31NO2. The summed E-state index contributed by atoms with van der Waals surface area (Å²) in [4.78, 5) is 14.8. The predicted octanol–water partition coefficient (Wildman–Crippen LogP) is 10.7. The molecule has 44 heavy (non-hydrogen) atoms. The number of rotatable bonds is 5. The molecule has 0 aliphatic heterocycles. The van der Waals surface area contributed by atoms with E-state index in [1.54, 1.807) is 14.1 Å². The monoisotopic (exact) mass is 569 g/mol. The van der Waals surface area contributed by atoms with Gasteiger partial charge >= 0.3 is 6.09 Å². The van der Waals surface area contributed by atoms with Crippen molar-refractivity contribution in [3.05, 3.63) is 152 Å². The first-order valence-electron chi connectivity index (χ1n) is 14.8. The molecule has 0 bridgehead atoms. The molecule has 212 valence electrons. The van der Waals surface area contributed by atoms with Crippen LogP contribution in [0.5, 0.6) is 5.75 Å². The van der Waals surface area contributed by atoms with Crippen LogP contribution in [0.3, 0.4) is 0 Å². The van der Waals surface area contributed by atoms with Gasteiger partial charge in [-0.05, 0) is 55.8 Å².